The molecule has 1 N–H and O–H groups in total. The highest BCUT2D eigenvalue weighted by molar-refractivity contribution is 5.81. The van der Waals surface area contributed by atoms with E-state index in [9.17, 15) is 4.79 Å². The van der Waals surface area contributed by atoms with Crippen LogP contribution >= 0.6 is 0 Å². The fourth-order valence-electron chi connectivity index (χ4n) is 1.57. The van der Waals surface area contributed by atoms with E-state index in [4.69, 9.17) is 10.3 Å². The van der Waals surface area contributed by atoms with Gasteiger partial charge in [0.1, 0.15) is 5.54 Å². The topological polar surface area (TPSA) is 87.1 Å². The quantitative estimate of drug-likeness (QED) is 0.235. The van der Waals surface area contributed by atoms with Gasteiger partial charge in [0.25, 0.3) is 0 Å². The highest BCUT2D eigenvalue weighted by atomic mass is 16.5. The Kier molecular flexibility index (Phi) is 3.73. The lowest BCUT2D eigenvalue weighted by Crippen LogP contribution is -2.58. The van der Waals surface area contributed by atoms with Gasteiger partial charge >= 0.3 is 5.97 Å². The van der Waals surface area contributed by atoms with Crippen LogP contribution in [0.3, 0.4) is 0 Å². The maximum absolute atomic E-state index is 11.4. The molecule has 6 heteroatoms. The van der Waals surface area contributed by atoms with Crippen molar-refractivity contribution >= 4 is 5.97 Å². The lowest BCUT2D eigenvalue weighted by Gasteiger charge is -2.39. The number of ether oxygens (including phenoxy) is 1. The Bertz CT molecular complexity index is 256. The molecule has 14 heavy (non-hydrogen) atoms. The molecule has 0 bridgehead atoms. The summed E-state index contributed by atoms with van der Waals surface area (Å²) in [5.41, 5.74) is 7.55. The minimum Gasteiger partial charge on any atom is -0.468 e. The Morgan fingerprint density at radius 3 is 2.86 bits per heavy atom. The normalized spacial score (nSPS) is 17.8. The van der Waals surface area contributed by atoms with Crippen LogP contribution in [-0.4, -0.2) is 31.7 Å². The first-order valence-electron chi connectivity index (χ1n) is 4.59. The molecule has 0 unspecified atom stereocenters. The molecule has 0 saturated heterocycles. The number of carbonyl (C=O) groups excluding carboxylic acids is 1. The lowest BCUT2D eigenvalue weighted by molar-refractivity contribution is -0.152. The summed E-state index contributed by atoms with van der Waals surface area (Å²) >= 11 is 0. The Morgan fingerprint density at radius 1 is 1.71 bits per heavy atom. The minimum absolute atomic E-state index is 0.218. The van der Waals surface area contributed by atoms with Crippen molar-refractivity contribution in [1.82, 2.24) is 5.32 Å². The van der Waals surface area contributed by atoms with Gasteiger partial charge in [-0.15, -0.1) is 0 Å². The van der Waals surface area contributed by atoms with Gasteiger partial charge in [0.05, 0.1) is 7.11 Å². The van der Waals surface area contributed by atoms with Crippen LogP contribution in [0.15, 0.2) is 5.11 Å². The molecule has 0 aromatic carbocycles. The highest BCUT2D eigenvalue weighted by Crippen LogP contribution is 2.32. The third-order valence-electron chi connectivity index (χ3n) is 2.52. The van der Waals surface area contributed by atoms with Gasteiger partial charge in [-0.1, -0.05) is 5.11 Å². The van der Waals surface area contributed by atoms with Crippen molar-refractivity contribution in [2.75, 3.05) is 20.2 Å². The van der Waals surface area contributed by atoms with Gasteiger partial charge in [-0.2, -0.15) is 0 Å². The van der Waals surface area contributed by atoms with Crippen molar-refractivity contribution in [3.05, 3.63) is 10.4 Å². The molecule has 0 aromatic heterocycles. The summed E-state index contributed by atoms with van der Waals surface area (Å²) in [6, 6.07) is 0. The molecule has 0 amide bonds. The van der Waals surface area contributed by atoms with Crippen molar-refractivity contribution in [1.29, 1.82) is 0 Å². The van der Waals surface area contributed by atoms with Gasteiger partial charge in [-0.05, 0) is 24.8 Å². The first kappa shape index (κ1) is 10.8. The van der Waals surface area contributed by atoms with E-state index in [0.717, 1.165) is 19.3 Å². The van der Waals surface area contributed by atoms with Crippen LogP contribution in [-0.2, 0) is 9.53 Å². The van der Waals surface area contributed by atoms with Crippen LogP contribution in [0.4, 0.5) is 0 Å². The first-order valence-corrected chi connectivity index (χ1v) is 4.59. The molecule has 1 fully saturated rings. The largest absolute Gasteiger partial charge is 0.468 e. The van der Waals surface area contributed by atoms with E-state index in [1.165, 1.54) is 7.11 Å². The van der Waals surface area contributed by atoms with Gasteiger partial charge < -0.3 is 10.1 Å². The van der Waals surface area contributed by atoms with E-state index in [1.54, 1.807) is 0 Å². The van der Waals surface area contributed by atoms with Crippen LogP contribution in [0.1, 0.15) is 19.3 Å². The Hall–Kier alpha value is -1.26. The molecule has 78 valence electrons. The zero-order valence-corrected chi connectivity index (χ0v) is 8.19. The van der Waals surface area contributed by atoms with E-state index in [1.807, 2.05) is 0 Å². The molecule has 0 aliphatic heterocycles. The number of azide groups is 1. The minimum atomic E-state index is -0.514. The first-order chi connectivity index (χ1) is 6.75. The van der Waals surface area contributed by atoms with E-state index in [2.05, 4.69) is 15.3 Å². The molecule has 6 nitrogen and oxygen atoms in total. The third kappa shape index (κ3) is 2.16. The number of nitrogens with zero attached hydrogens (tertiary/aromatic N) is 3. The standard InChI is InChI=1S/C8H14N4O2/c1-14-7(13)8(3-2-4-8)10-5-6-11-12-9/h10H,2-6H2,1H3. The Balaban J connectivity index is 2.38. The Labute approximate surface area is 82.2 Å². The molecule has 0 heterocycles. The second kappa shape index (κ2) is 4.83. The Morgan fingerprint density at radius 2 is 2.43 bits per heavy atom. The number of hydrogen-bond donors (Lipinski definition) is 1. The molecule has 0 spiro atoms. The van der Waals surface area contributed by atoms with E-state index in [-0.39, 0.29) is 5.97 Å². The van der Waals surface area contributed by atoms with Crippen molar-refractivity contribution in [2.24, 2.45) is 5.11 Å². The predicted molar refractivity (Wildman–Crippen MR) is 50.6 cm³/mol. The molecule has 1 saturated carbocycles. The summed E-state index contributed by atoms with van der Waals surface area (Å²) in [6.45, 7) is 0.869. The fraction of sp³-hybridized carbons (Fsp3) is 0.875. The van der Waals surface area contributed by atoms with Gasteiger partial charge in [0.2, 0.25) is 0 Å². The zero-order valence-electron chi connectivity index (χ0n) is 8.19. The molecular formula is C8H14N4O2. The molecule has 1 rings (SSSR count). The maximum atomic E-state index is 11.4. The van der Waals surface area contributed by atoms with E-state index < -0.39 is 5.54 Å². The average Bonchev–Trinajstić information content (AvgIpc) is 2.14. The molecule has 1 aliphatic rings. The average molecular weight is 198 g/mol. The predicted octanol–water partition coefficient (Wildman–Crippen LogP) is 0.982. The lowest BCUT2D eigenvalue weighted by atomic mass is 9.77. The van der Waals surface area contributed by atoms with Gasteiger partial charge in [0, 0.05) is 18.0 Å². The van der Waals surface area contributed by atoms with Crippen molar-refractivity contribution in [3.63, 3.8) is 0 Å². The highest BCUT2D eigenvalue weighted by Gasteiger charge is 2.44. The smallest absolute Gasteiger partial charge is 0.326 e. The number of hydrogen-bond acceptors (Lipinski definition) is 4. The summed E-state index contributed by atoms with van der Waals surface area (Å²) in [7, 11) is 1.39. The summed E-state index contributed by atoms with van der Waals surface area (Å²) < 4.78 is 4.71. The van der Waals surface area contributed by atoms with Crippen LogP contribution in [0.2, 0.25) is 0 Å². The second-order valence-corrected chi connectivity index (χ2v) is 3.31. The number of rotatable bonds is 5. The molecular weight excluding hydrogens is 184 g/mol. The number of methoxy groups -OCH3 is 1. The van der Waals surface area contributed by atoms with E-state index in [0.29, 0.717) is 13.1 Å². The van der Waals surface area contributed by atoms with Crippen LogP contribution in [0, 0.1) is 0 Å². The third-order valence-corrected chi connectivity index (χ3v) is 2.52. The summed E-state index contributed by atoms with van der Waals surface area (Å²) in [5, 5.41) is 6.46. The van der Waals surface area contributed by atoms with Gasteiger partial charge in [-0.3, -0.25) is 4.79 Å². The summed E-state index contributed by atoms with van der Waals surface area (Å²) in [5.74, 6) is -0.218. The monoisotopic (exact) mass is 198 g/mol. The van der Waals surface area contributed by atoms with Crippen LogP contribution in [0.25, 0.3) is 10.4 Å². The molecule has 1 aliphatic carbocycles. The van der Waals surface area contributed by atoms with Gasteiger partial charge in [-0.25, -0.2) is 0 Å². The number of nitrogens with one attached hydrogen (secondary N) is 1. The SMILES string of the molecule is COC(=O)C1(NCCN=[N+]=[N-])CCC1. The molecule has 0 radical (unpaired) electrons. The fourth-order valence-corrected chi connectivity index (χ4v) is 1.57. The second-order valence-electron chi connectivity index (χ2n) is 3.31. The summed E-state index contributed by atoms with van der Waals surface area (Å²) in [4.78, 5) is 14.0. The number of esters is 1. The van der Waals surface area contributed by atoms with Crippen molar-refractivity contribution in [3.8, 4) is 0 Å². The number of carbonyl (C=O) groups is 1. The molecule has 0 atom stereocenters. The van der Waals surface area contributed by atoms with Gasteiger partial charge in [0.15, 0.2) is 0 Å². The maximum Gasteiger partial charge on any atom is 0.326 e. The van der Waals surface area contributed by atoms with Crippen molar-refractivity contribution in [2.45, 2.75) is 24.8 Å². The zero-order chi connectivity index (χ0) is 10.4. The van der Waals surface area contributed by atoms with Crippen LogP contribution in [0.5, 0.6) is 0 Å². The van der Waals surface area contributed by atoms with Crippen LogP contribution < -0.4 is 5.32 Å². The van der Waals surface area contributed by atoms with E-state index >= 15 is 0 Å². The van der Waals surface area contributed by atoms with Crippen molar-refractivity contribution < 1.29 is 9.53 Å². The molecule has 0 aromatic rings. The summed E-state index contributed by atoms with van der Waals surface area (Å²) in [6.07, 6.45) is 2.63.